The number of nitrogens with zero attached hydrogens (tertiary/aromatic N) is 1. The Kier molecular flexibility index (Phi) is 5.94. The summed E-state index contributed by atoms with van der Waals surface area (Å²) in [5.41, 5.74) is 1.85. The number of pyridine rings is 1. The molecule has 0 spiro atoms. The summed E-state index contributed by atoms with van der Waals surface area (Å²) in [5.74, 6) is 0.342. The lowest BCUT2D eigenvalue weighted by Crippen LogP contribution is -2.49. The van der Waals surface area contributed by atoms with Crippen molar-refractivity contribution in [3.63, 3.8) is 0 Å². The van der Waals surface area contributed by atoms with Gasteiger partial charge in [0.1, 0.15) is 17.9 Å². The predicted molar refractivity (Wildman–Crippen MR) is 113 cm³/mol. The second-order valence-corrected chi connectivity index (χ2v) is 7.46. The first-order chi connectivity index (χ1) is 14.6. The van der Waals surface area contributed by atoms with Crippen LogP contribution in [0.15, 0.2) is 54.9 Å². The minimum absolute atomic E-state index is 0.0798. The monoisotopic (exact) mass is 407 g/mol. The normalized spacial score (nSPS) is 19.4. The molecule has 8 heteroatoms. The third kappa shape index (κ3) is 4.77. The Morgan fingerprint density at radius 2 is 2.10 bits per heavy atom. The van der Waals surface area contributed by atoms with Gasteiger partial charge in [-0.1, -0.05) is 18.2 Å². The van der Waals surface area contributed by atoms with E-state index >= 15 is 0 Å². The fraction of sp³-hybridized carbons (Fsp3) is 0.318. The number of rotatable bonds is 7. The minimum Gasteiger partial charge on any atom is -0.489 e. The van der Waals surface area contributed by atoms with Crippen molar-refractivity contribution >= 4 is 22.7 Å². The van der Waals surface area contributed by atoms with Crippen molar-refractivity contribution in [2.75, 3.05) is 6.54 Å². The molecular formula is C22H25N5O3. The maximum atomic E-state index is 12.5. The molecule has 0 bridgehead atoms. The molecule has 3 aromatic rings. The minimum atomic E-state index is -0.639. The number of carbonyl (C=O) groups excluding carboxylic acids is 2. The highest BCUT2D eigenvalue weighted by Crippen LogP contribution is 2.17. The number of H-pyrrole nitrogens is 1. The van der Waals surface area contributed by atoms with Crippen LogP contribution in [0.2, 0.25) is 0 Å². The number of aromatic nitrogens is 2. The summed E-state index contributed by atoms with van der Waals surface area (Å²) >= 11 is 0. The lowest BCUT2D eigenvalue weighted by atomic mass is 10.1. The van der Waals surface area contributed by atoms with Crippen LogP contribution in [0.4, 0.5) is 0 Å². The van der Waals surface area contributed by atoms with Gasteiger partial charge in [0, 0.05) is 42.0 Å². The van der Waals surface area contributed by atoms with Gasteiger partial charge in [-0.05, 0) is 31.2 Å². The number of hydrogen-bond acceptors (Lipinski definition) is 5. The zero-order valence-corrected chi connectivity index (χ0v) is 16.7. The molecule has 30 heavy (non-hydrogen) atoms. The summed E-state index contributed by atoms with van der Waals surface area (Å²) in [5, 5.41) is 9.78. The molecule has 2 aromatic heterocycles. The highest BCUT2D eigenvalue weighted by molar-refractivity contribution is 5.89. The average Bonchev–Trinajstić information content (AvgIpc) is 3.39. The molecule has 2 amide bonds. The van der Waals surface area contributed by atoms with Crippen molar-refractivity contribution in [3.8, 4) is 5.75 Å². The second kappa shape index (κ2) is 8.96. The van der Waals surface area contributed by atoms with Gasteiger partial charge < -0.3 is 25.7 Å². The number of nitrogens with one attached hydrogen (secondary N) is 4. The molecule has 1 unspecified atom stereocenters. The maximum Gasteiger partial charge on any atom is 0.242 e. The van der Waals surface area contributed by atoms with Gasteiger partial charge >= 0.3 is 0 Å². The highest BCUT2D eigenvalue weighted by atomic mass is 16.5. The number of benzene rings is 1. The van der Waals surface area contributed by atoms with Crippen LogP contribution in [0.5, 0.6) is 5.75 Å². The first-order valence-corrected chi connectivity index (χ1v) is 10.0. The molecule has 4 rings (SSSR count). The Bertz CT molecular complexity index is 987. The Morgan fingerprint density at radius 1 is 1.27 bits per heavy atom. The van der Waals surface area contributed by atoms with Gasteiger partial charge in [0.15, 0.2) is 0 Å². The number of fused-ring (bicyclic) bond motifs is 1. The van der Waals surface area contributed by atoms with Crippen molar-refractivity contribution in [1.29, 1.82) is 0 Å². The molecule has 1 aliphatic heterocycles. The number of para-hydroxylation sites is 1. The largest absolute Gasteiger partial charge is 0.489 e. The number of hydrogen-bond donors (Lipinski definition) is 4. The maximum absolute atomic E-state index is 12.5. The Balaban J connectivity index is 1.23. The van der Waals surface area contributed by atoms with E-state index in [4.69, 9.17) is 4.74 Å². The van der Waals surface area contributed by atoms with E-state index < -0.39 is 6.04 Å². The van der Waals surface area contributed by atoms with Gasteiger partial charge in [-0.2, -0.15) is 0 Å². The Hall–Kier alpha value is -3.39. The average molecular weight is 407 g/mol. The van der Waals surface area contributed by atoms with Crippen LogP contribution < -0.4 is 20.7 Å². The van der Waals surface area contributed by atoms with Crippen LogP contribution in [-0.4, -0.2) is 46.5 Å². The number of ether oxygens (including phenoxy) is 1. The van der Waals surface area contributed by atoms with E-state index in [2.05, 4.69) is 25.9 Å². The van der Waals surface area contributed by atoms with Crippen molar-refractivity contribution in [2.45, 2.75) is 38.1 Å². The van der Waals surface area contributed by atoms with E-state index in [1.807, 2.05) is 42.5 Å². The molecule has 156 valence electrons. The topological polar surface area (TPSA) is 108 Å². The summed E-state index contributed by atoms with van der Waals surface area (Å²) in [6.07, 6.45) is 3.95. The van der Waals surface area contributed by atoms with Gasteiger partial charge in [0.25, 0.3) is 0 Å². The van der Waals surface area contributed by atoms with E-state index in [9.17, 15) is 9.59 Å². The fourth-order valence-electron chi connectivity index (χ4n) is 3.53. The first-order valence-electron chi connectivity index (χ1n) is 10.0. The molecule has 1 saturated heterocycles. The van der Waals surface area contributed by atoms with Crippen LogP contribution >= 0.6 is 0 Å². The molecule has 4 N–H and O–H groups in total. The van der Waals surface area contributed by atoms with E-state index in [1.165, 1.54) is 0 Å². The summed E-state index contributed by atoms with van der Waals surface area (Å²) in [6.45, 7) is 2.61. The summed E-state index contributed by atoms with van der Waals surface area (Å²) in [7, 11) is 0. The van der Waals surface area contributed by atoms with E-state index in [1.54, 1.807) is 19.3 Å². The van der Waals surface area contributed by atoms with Gasteiger partial charge in [-0.3, -0.25) is 14.6 Å². The Labute approximate surface area is 174 Å². The van der Waals surface area contributed by atoms with Gasteiger partial charge in [0.05, 0.1) is 12.6 Å². The standard InChI is InChI=1S/C22H25N5O3/c1-14(21(28)25-12-16-9-15-11-23-8-7-19(15)27-16)26-22(29)20-10-18(13-24-20)30-17-5-3-2-4-6-17/h2-9,11,14,18,20,24,27H,10,12-13H2,1H3,(H,25,28)(H,26,29)/t14?,18-,20+/m0/s1. The fourth-order valence-corrected chi connectivity index (χ4v) is 3.53. The van der Waals surface area contributed by atoms with Gasteiger partial charge in [-0.25, -0.2) is 0 Å². The third-order valence-electron chi connectivity index (χ3n) is 5.13. The van der Waals surface area contributed by atoms with Crippen molar-refractivity contribution in [3.05, 3.63) is 60.6 Å². The number of amides is 2. The van der Waals surface area contributed by atoms with Crippen LogP contribution in [0.1, 0.15) is 19.0 Å². The molecule has 0 saturated carbocycles. The molecule has 1 fully saturated rings. The van der Waals surface area contributed by atoms with Crippen molar-refractivity contribution < 1.29 is 14.3 Å². The predicted octanol–water partition coefficient (Wildman–Crippen LogP) is 1.49. The smallest absolute Gasteiger partial charge is 0.242 e. The van der Waals surface area contributed by atoms with E-state index in [0.717, 1.165) is 22.3 Å². The lowest BCUT2D eigenvalue weighted by molar-refractivity contribution is -0.129. The molecule has 0 radical (unpaired) electrons. The quantitative estimate of drug-likeness (QED) is 0.475. The molecule has 1 aliphatic rings. The second-order valence-electron chi connectivity index (χ2n) is 7.46. The zero-order chi connectivity index (χ0) is 20.9. The van der Waals surface area contributed by atoms with Crippen LogP contribution in [0.3, 0.4) is 0 Å². The Morgan fingerprint density at radius 3 is 2.90 bits per heavy atom. The van der Waals surface area contributed by atoms with Crippen molar-refractivity contribution in [1.82, 2.24) is 25.9 Å². The SMILES string of the molecule is CC(NC(=O)[C@H]1C[C@H](Oc2ccccc2)CN1)C(=O)NCc1cc2cnccc2[nH]1. The van der Waals surface area contributed by atoms with Crippen LogP contribution in [0.25, 0.3) is 10.9 Å². The van der Waals surface area contributed by atoms with E-state index in [-0.39, 0.29) is 24.0 Å². The molecule has 8 nitrogen and oxygen atoms in total. The summed E-state index contributed by atoms with van der Waals surface area (Å²) < 4.78 is 5.89. The van der Waals surface area contributed by atoms with E-state index in [0.29, 0.717) is 19.5 Å². The lowest BCUT2D eigenvalue weighted by Gasteiger charge is -2.17. The summed E-state index contributed by atoms with van der Waals surface area (Å²) in [6, 6.07) is 12.3. The van der Waals surface area contributed by atoms with Gasteiger partial charge in [0.2, 0.25) is 11.8 Å². The van der Waals surface area contributed by atoms with Gasteiger partial charge in [-0.15, -0.1) is 0 Å². The third-order valence-corrected chi connectivity index (χ3v) is 5.13. The number of carbonyl (C=O) groups is 2. The number of aromatic amines is 1. The molecule has 0 aliphatic carbocycles. The molecule has 1 aromatic carbocycles. The first kappa shape index (κ1) is 19.9. The van der Waals surface area contributed by atoms with Crippen LogP contribution in [0, 0.1) is 0 Å². The highest BCUT2D eigenvalue weighted by Gasteiger charge is 2.32. The molecule has 3 atom stereocenters. The summed E-state index contributed by atoms with van der Waals surface area (Å²) in [4.78, 5) is 32.2. The van der Waals surface area contributed by atoms with Crippen molar-refractivity contribution in [2.24, 2.45) is 0 Å². The van der Waals surface area contributed by atoms with Crippen LogP contribution in [-0.2, 0) is 16.1 Å². The molecule has 3 heterocycles. The molecular weight excluding hydrogens is 382 g/mol. The zero-order valence-electron chi connectivity index (χ0n) is 16.7.